The molecule has 9 heteroatoms. The van der Waals surface area contributed by atoms with Crippen LogP contribution in [0.2, 0.25) is 10.0 Å². The van der Waals surface area contributed by atoms with Crippen molar-refractivity contribution in [1.82, 2.24) is 15.4 Å². The van der Waals surface area contributed by atoms with Crippen LogP contribution in [0.5, 0.6) is 5.75 Å². The van der Waals surface area contributed by atoms with Gasteiger partial charge in [-0.25, -0.2) is 0 Å². The Morgan fingerprint density at radius 2 is 1.88 bits per heavy atom. The lowest BCUT2D eigenvalue weighted by atomic mass is 10.1. The van der Waals surface area contributed by atoms with Crippen molar-refractivity contribution in [3.63, 3.8) is 0 Å². The molecule has 0 saturated heterocycles. The molecule has 0 bridgehead atoms. The number of carbonyl (C=O) groups is 2. The zero-order valence-corrected chi connectivity index (χ0v) is 19.2. The monoisotopic (exact) mass is 475 g/mol. The van der Waals surface area contributed by atoms with E-state index in [1.54, 1.807) is 24.1 Å². The lowest BCUT2D eigenvalue weighted by Crippen LogP contribution is -2.32. The van der Waals surface area contributed by atoms with Gasteiger partial charge in [0.15, 0.2) is 11.5 Å². The van der Waals surface area contributed by atoms with Crippen molar-refractivity contribution in [3.8, 4) is 5.75 Å². The highest BCUT2D eigenvalue weighted by Crippen LogP contribution is 2.23. The smallest absolute Gasteiger partial charge is 0.273 e. The molecule has 1 aromatic heterocycles. The summed E-state index contributed by atoms with van der Waals surface area (Å²) in [5, 5.41) is 7.17. The van der Waals surface area contributed by atoms with Gasteiger partial charge in [0, 0.05) is 24.2 Å². The Kier molecular flexibility index (Phi) is 8.14. The maximum absolute atomic E-state index is 13.3. The number of nitrogens with zero attached hydrogens (tertiary/aromatic N) is 2. The molecule has 0 aliphatic heterocycles. The van der Waals surface area contributed by atoms with E-state index in [4.69, 9.17) is 32.5 Å². The van der Waals surface area contributed by atoms with Gasteiger partial charge in [-0.2, -0.15) is 0 Å². The average Bonchev–Trinajstić information content (AvgIpc) is 3.25. The van der Waals surface area contributed by atoms with Crippen LogP contribution in [-0.2, 0) is 13.0 Å². The van der Waals surface area contributed by atoms with Crippen molar-refractivity contribution >= 4 is 35.0 Å². The second-order valence-corrected chi connectivity index (χ2v) is 7.83. The van der Waals surface area contributed by atoms with Crippen molar-refractivity contribution in [2.75, 3.05) is 20.2 Å². The highest BCUT2D eigenvalue weighted by molar-refractivity contribution is 6.36. The van der Waals surface area contributed by atoms with Gasteiger partial charge in [-0.1, -0.05) is 40.5 Å². The van der Waals surface area contributed by atoms with Crippen molar-refractivity contribution < 1.29 is 18.8 Å². The molecule has 0 unspecified atom stereocenters. The maximum atomic E-state index is 13.3. The number of nitrogens with one attached hydrogen (secondary N) is 1. The standard InChI is InChI=1S/C23H23Cl2N3O4/c1-3-26-22(29)21-13-18(32-27-21)14-28(11-10-15-4-7-17(31-2)8-5-15)23(30)19-9-6-16(24)12-20(19)25/h4-9,12-13H,3,10-11,14H2,1-2H3,(H,26,29). The van der Waals surface area contributed by atoms with Crippen LogP contribution in [0.4, 0.5) is 0 Å². The molecule has 0 spiro atoms. The van der Waals surface area contributed by atoms with Crippen LogP contribution in [0.3, 0.4) is 0 Å². The van der Waals surface area contributed by atoms with Crippen LogP contribution in [0.15, 0.2) is 53.1 Å². The number of halogens is 2. The Balaban J connectivity index is 1.81. The minimum Gasteiger partial charge on any atom is -0.497 e. The lowest BCUT2D eigenvalue weighted by Gasteiger charge is -2.22. The zero-order valence-electron chi connectivity index (χ0n) is 17.7. The highest BCUT2D eigenvalue weighted by atomic mass is 35.5. The second-order valence-electron chi connectivity index (χ2n) is 6.99. The number of hydrogen-bond acceptors (Lipinski definition) is 5. The topological polar surface area (TPSA) is 84.7 Å². The van der Waals surface area contributed by atoms with Gasteiger partial charge in [0.25, 0.3) is 11.8 Å². The number of ether oxygens (including phenoxy) is 1. The molecular weight excluding hydrogens is 453 g/mol. The minimum absolute atomic E-state index is 0.125. The van der Waals surface area contributed by atoms with Gasteiger partial charge in [0.05, 0.1) is 24.2 Å². The summed E-state index contributed by atoms with van der Waals surface area (Å²) in [4.78, 5) is 26.9. The van der Waals surface area contributed by atoms with Crippen molar-refractivity contribution in [2.24, 2.45) is 0 Å². The molecule has 0 aliphatic carbocycles. The second kappa shape index (κ2) is 11.0. The Bertz CT molecular complexity index is 1080. The number of aromatic nitrogens is 1. The van der Waals surface area contributed by atoms with E-state index in [1.165, 1.54) is 12.1 Å². The molecule has 2 amide bonds. The molecule has 1 N–H and O–H groups in total. The fourth-order valence-electron chi connectivity index (χ4n) is 3.08. The van der Waals surface area contributed by atoms with E-state index in [9.17, 15) is 9.59 Å². The third kappa shape index (κ3) is 6.02. The predicted octanol–water partition coefficient (Wildman–Crippen LogP) is 4.62. The Morgan fingerprint density at radius 3 is 2.53 bits per heavy atom. The maximum Gasteiger partial charge on any atom is 0.273 e. The number of amides is 2. The van der Waals surface area contributed by atoms with E-state index < -0.39 is 0 Å². The van der Waals surface area contributed by atoms with Gasteiger partial charge in [0.1, 0.15) is 5.75 Å². The molecule has 0 saturated carbocycles. The average molecular weight is 476 g/mol. The summed E-state index contributed by atoms with van der Waals surface area (Å²) in [7, 11) is 1.61. The first-order valence-electron chi connectivity index (χ1n) is 10.0. The quantitative estimate of drug-likeness (QED) is 0.487. The van der Waals surface area contributed by atoms with Gasteiger partial charge in [-0.05, 0) is 49.2 Å². The third-order valence-corrected chi connectivity index (χ3v) is 5.30. The van der Waals surface area contributed by atoms with Crippen molar-refractivity contribution in [2.45, 2.75) is 19.9 Å². The van der Waals surface area contributed by atoms with Crippen LogP contribution >= 0.6 is 23.2 Å². The van der Waals surface area contributed by atoms with E-state index in [2.05, 4.69) is 10.5 Å². The highest BCUT2D eigenvalue weighted by Gasteiger charge is 2.22. The summed E-state index contributed by atoms with van der Waals surface area (Å²) < 4.78 is 10.5. The largest absolute Gasteiger partial charge is 0.497 e. The number of rotatable bonds is 9. The van der Waals surface area contributed by atoms with Crippen molar-refractivity contribution in [1.29, 1.82) is 0 Å². The van der Waals surface area contributed by atoms with Crippen LogP contribution in [0.1, 0.15) is 39.1 Å². The van der Waals surface area contributed by atoms with E-state index in [-0.39, 0.29) is 29.1 Å². The van der Waals surface area contributed by atoms with Gasteiger partial charge in [-0.3, -0.25) is 9.59 Å². The molecule has 0 atom stereocenters. The number of benzene rings is 2. The first-order chi connectivity index (χ1) is 15.4. The number of carbonyl (C=O) groups excluding carboxylic acids is 2. The number of hydrogen-bond donors (Lipinski definition) is 1. The molecule has 0 aliphatic rings. The first-order valence-corrected chi connectivity index (χ1v) is 10.8. The molecule has 3 rings (SSSR count). The number of methoxy groups -OCH3 is 1. The molecule has 168 valence electrons. The molecule has 32 heavy (non-hydrogen) atoms. The fraction of sp³-hybridized carbons (Fsp3) is 0.261. The molecule has 0 radical (unpaired) electrons. The van der Waals surface area contributed by atoms with Crippen LogP contribution < -0.4 is 10.1 Å². The Hall–Kier alpha value is -3.03. The first kappa shape index (κ1) is 23.6. The molecule has 3 aromatic rings. The van der Waals surface area contributed by atoms with Crippen LogP contribution in [-0.4, -0.2) is 42.1 Å². The molecule has 7 nitrogen and oxygen atoms in total. The molecule has 1 heterocycles. The predicted molar refractivity (Wildman–Crippen MR) is 122 cm³/mol. The lowest BCUT2D eigenvalue weighted by molar-refractivity contribution is 0.0729. The summed E-state index contributed by atoms with van der Waals surface area (Å²) >= 11 is 12.2. The van der Waals surface area contributed by atoms with E-state index in [1.807, 2.05) is 31.2 Å². The van der Waals surface area contributed by atoms with E-state index in [0.29, 0.717) is 35.9 Å². The van der Waals surface area contributed by atoms with Crippen LogP contribution in [0.25, 0.3) is 0 Å². The van der Waals surface area contributed by atoms with Gasteiger partial charge in [0.2, 0.25) is 0 Å². The minimum atomic E-state index is -0.334. The summed E-state index contributed by atoms with van der Waals surface area (Å²) in [6, 6.07) is 13.9. The summed E-state index contributed by atoms with van der Waals surface area (Å²) in [6.45, 7) is 2.80. The third-order valence-electron chi connectivity index (χ3n) is 4.75. The Labute approximate surface area is 196 Å². The van der Waals surface area contributed by atoms with Gasteiger partial charge >= 0.3 is 0 Å². The molecular formula is C23H23Cl2N3O4. The normalized spacial score (nSPS) is 10.6. The molecule has 2 aromatic carbocycles. The van der Waals surface area contributed by atoms with Gasteiger partial charge < -0.3 is 19.5 Å². The van der Waals surface area contributed by atoms with E-state index >= 15 is 0 Å². The van der Waals surface area contributed by atoms with Crippen LogP contribution in [0, 0.1) is 0 Å². The zero-order chi connectivity index (χ0) is 23.1. The van der Waals surface area contributed by atoms with Crippen molar-refractivity contribution in [3.05, 3.63) is 81.2 Å². The summed E-state index contributed by atoms with van der Waals surface area (Å²) in [5.41, 5.74) is 1.52. The van der Waals surface area contributed by atoms with E-state index in [0.717, 1.165) is 11.3 Å². The molecule has 0 fully saturated rings. The summed E-state index contributed by atoms with van der Waals surface area (Å²) in [6.07, 6.45) is 0.595. The van der Waals surface area contributed by atoms with Gasteiger partial charge in [-0.15, -0.1) is 0 Å². The Morgan fingerprint density at radius 1 is 1.12 bits per heavy atom. The SMILES string of the molecule is CCNC(=O)c1cc(CN(CCc2ccc(OC)cc2)C(=O)c2ccc(Cl)cc2Cl)on1. The summed E-state index contributed by atoms with van der Waals surface area (Å²) in [5.74, 6) is 0.532. The fourth-order valence-corrected chi connectivity index (χ4v) is 3.56.